The van der Waals surface area contributed by atoms with Crippen molar-refractivity contribution in [2.24, 2.45) is 0 Å². The fourth-order valence-corrected chi connectivity index (χ4v) is 4.53. The Hall–Kier alpha value is -3.68. The minimum atomic E-state index is -0.300. The van der Waals surface area contributed by atoms with Crippen molar-refractivity contribution >= 4 is 34.3 Å². The third kappa shape index (κ3) is 3.84. The van der Waals surface area contributed by atoms with Crippen LogP contribution in [0.1, 0.15) is 35.7 Å². The first-order valence-corrected chi connectivity index (χ1v) is 11.0. The molecule has 3 aromatic rings. The zero-order chi connectivity index (χ0) is 22.1. The molecule has 8 nitrogen and oxygen atoms in total. The van der Waals surface area contributed by atoms with Crippen molar-refractivity contribution in [3.05, 3.63) is 60.3 Å². The molecule has 1 aromatic heterocycles. The van der Waals surface area contributed by atoms with Gasteiger partial charge >= 0.3 is 0 Å². The van der Waals surface area contributed by atoms with Crippen LogP contribution in [0, 0.1) is 0 Å². The predicted molar refractivity (Wildman–Crippen MR) is 120 cm³/mol. The van der Waals surface area contributed by atoms with E-state index in [0.717, 1.165) is 29.4 Å². The van der Waals surface area contributed by atoms with Gasteiger partial charge in [-0.25, -0.2) is 0 Å². The molecule has 2 saturated heterocycles. The van der Waals surface area contributed by atoms with Crippen molar-refractivity contribution in [2.45, 2.75) is 25.3 Å². The summed E-state index contributed by atoms with van der Waals surface area (Å²) in [5.41, 5.74) is 2.34. The van der Waals surface area contributed by atoms with Gasteiger partial charge in [-0.15, -0.1) is 0 Å². The molecule has 32 heavy (non-hydrogen) atoms. The molecule has 0 spiro atoms. The second-order valence-corrected chi connectivity index (χ2v) is 8.31. The maximum Gasteiger partial charge on any atom is 0.251 e. The summed E-state index contributed by atoms with van der Waals surface area (Å²) in [6.07, 6.45) is 4.11. The third-order valence-corrected chi connectivity index (χ3v) is 6.28. The van der Waals surface area contributed by atoms with Crippen molar-refractivity contribution in [3.8, 4) is 0 Å². The van der Waals surface area contributed by atoms with Crippen LogP contribution < -0.4 is 10.2 Å². The van der Waals surface area contributed by atoms with E-state index in [1.54, 1.807) is 34.1 Å². The summed E-state index contributed by atoms with van der Waals surface area (Å²) < 4.78 is 1.99. The first-order valence-electron chi connectivity index (χ1n) is 11.0. The second-order valence-electron chi connectivity index (χ2n) is 8.31. The molecule has 3 amide bonds. The molecule has 5 rings (SSSR count). The van der Waals surface area contributed by atoms with Crippen LogP contribution in [0.5, 0.6) is 0 Å². The van der Waals surface area contributed by atoms with Crippen LogP contribution in [0.3, 0.4) is 0 Å². The minimum Gasteiger partial charge on any atom is -0.343 e. The summed E-state index contributed by atoms with van der Waals surface area (Å²) in [5.74, 6) is -0.289. The zero-order valence-electron chi connectivity index (χ0n) is 17.7. The number of anilines is 1. The van der Waals surface area contributed by atoms with Crippen molar-refractivity contribution in [1.29, 1.82) is 0 Å². The van der Waals surface area contributed by atoms with E-state index in [-0.39, 0.29) is 30.3 Å². The SMILES string of the molecule is O=C(NCC(=O)N1CC[C@H](n2ncc3ccccc32)C1)c1ccc(N2CCCC2=O)cc1. The number of aromatic nitrogens is 2. The van der Waals surface area contributed by atoms with Crippen molar-refractivity contribution in [2.75, 3.05) is 31.1 Å². The smallest absolute Gasteiger partial charge is 0.251 e. The molecule has 1 N–H and O–H groups in total. The Morgan fingerprint density at radius 1 is 1.06 bits per heavy atom. The van der Waals surface area contributed by atoms with Gasteiger partial charge in [-0.2, -0.15) is 5.10 Å². The van der Waals surface area contributed by atoms with Gasteiger partial charge in [0.05, 0.1) is 24.3 Å². The highest BCUT2D eigenvalue weighted by atomic mass is 16.2. The molecule has 1 atom stereocenters. The van der Waals surface area contributed by atoms with Gasteiger partial charge in [0.1, 0.15) is 0 Å². The highest BCUT2D eigenvalue weighted by molar-refractivity contribution is 5.98. The van der Waals surface area contributed by atoms with Gasteiger partial charge in [0.2, 0.25) is 11.8 Å². The Bertz CT molecular complexity index is 1170. The number of para-hydroxylation sites is 1. The number of hydrogen-bond acceptors (Lipinski definition) is 4. The Morgan fingerprint density at radius 2 is 1.88 bits per heavy atom. The van der Waals surface area contributed by atoms with Gasteiger partial charge in [-0.05, 0) is 43.2 Å². The third-order valence-electron chi connectivity index (χ3n) is 6.28. The van der Waals surface area contributed by atoms with E-state index in [4.69, 9.17) is 0 Å². The fourth-order valence-electron chi connectivity index (χ4n) is 4.53. The molecule has 8 heteroatoms. The van der Waals surface area contributed by atoms with E-state index in [0.29, 0.717) is 31.6 Å². The molecule has 164 valence electrons. The number of nitrogens with one attached hydrogen (secondary N) is 1. The van der Waals surface area contributed by atoms with E-state index >= 15 is 0 Å². The molecular weight excluding hydrogens is 406 g/mol. The fraction of sp³-hybridized carbons (Fsp3) is 0.333. The second kappa shape index (κ2) is 8.45. The number of carbonyl (C=O) groups excluding carboxylic acids is 3. The van der Waals surface area contributed by atoms with Gasteiger partial charge in [-0.3, -0.25) is 19.1 Å². The van der Waals surface area contributed by atoms with Gasteiger partial charge in [0.25, 0.3) is 5.91 Å². The van der Waals surface area contributed by atoms with Crippen molar-refractivity contribution < 1.29 is 14.4 Å². The summed E-state index contributed by atoms with van der Waals surface area (Å²) in [7, 11) is 0. The molecule has 2 fully saturated rings. The van der Waals surface area contributed by atoms with Crippen LogP contribution in [-0.2, 0) is 9.59 Å². The molecule has 0 aliphatic carbocycles. The van der Waals surface area contributed by atoms with Crippen molar-refractivity contribution in [3.63, 3.8) is 0 Å². The Labute approximate surface area is 185 Å². The van der Waals surface area contributed by atoms with Crippen LogP contribution in [0.25, 0.3) is 10.9 Å². The average Bonchev–Trinajstić information content (AvgIpc) is 3.56. The maximum absolute atomic E-state index is 12.7. The first kappa shape index (κ1) is 20.2. The van der Waals surface area contributed by atoms with Gasteiger partial charge in [0.15, 0.2) is 0 Å². The predicted octanol–water partition coefficient (Wildman–Crippen LogP) is 2.37. The Morgan fingerprint density at radius 3 is 2.66 bits per heavy atom. The quantitative estimate of drug-likeness (QED) is 0.672. The number of benzene rings is 2. The number of hydrogen-bond donors (Lipinski definition) is 1. The van der Waals surface area contributed by atoms with E-state index in [1.807, 2.05) is 35.1 Å². The first-order chi connectivity index (χ1) is 15.6. The lowest BCUT2D eigenvalue weighted by molar-refractivity contribution is -0.129. The molecule has 2 aromatic carbocycles. The molecule has 0 saturated carbocycles. The average molecular weight is 431 g/mol. The summed E-state index contributed by atoms with van der Waals surface area (Å²) in [6.45, 7) is 1.90. The lowest BCUT2D eigenvalue weighted by atomic mass is 10.2. The monoisotopic (exact) mass is 431 g/mol. The van der Waals surface area contributed by atoms with E-state index < -0.39 is 0 Å². The van der Waals surface area contributed by atoms with Gasteiger partial charge < -0.3 is 15.1 Å². The summed E-state index contributed by atoms with van der Waals surface area (Å²) in [5, 5.41) is 8.32. The number of nitrogens with zero attached hydrogens (tertiary/aromatic N) is 4. The summed E-state index contributed by atoms with van der Waals surface area (Å²) >= 11 is 0. The highest BCUT2D eigenvalue weighted by Gasteiger charge is 2.29. The standard InChI is InChI=1S/C24H25N5O3/c30-22-6-3-12-28(22)19-9-7-17(8-10-19)24(32)25-15-23(31)27-13-11-20(16-27)29-21-5-2-1-4-18(21)14-26-29/h1-2,4-5,7-10,14,20H,3,6,11-13,15-16H2,(H,25,32)/t20-/m0/s1. The van der Waals surface area contributed by atoms with Gasteiger partial charge in [0, 0.05) is 42.7 Å². The maximum atomic E-state index is 12.7. The van der Waals surface area contributed by atoms with Crippen molar-refractivity contribution in [1.82, 2.24) is 20.0 Å². The Kier molecular flexibility index (Phi) is 5.34. The van der Waals surface area contributed by atoms with Crippen LogP contribution in [0.15, 0.2) is 54.7 Å². The number of rotatable bonds is 5. The molecule has 0 unspecified atom stereocenters. The largest absolute Gasteiger partial charge is 0.343 e. The minimum absolute atomic E-state index is 0.0439. The number of amides is 3. The topological polar surface area (TPSA) is 87.5 Å². The molecule has 2 aliphatic rings. The molecule has 3 heterocycles. The van der Waals surface area contributed by atoms with E-state index in [9.17, 15) is 14.4 Å². The molecule has 0 radical (unpaired) electrons. The normalized spacial score (nSPS) is 18.5. The van der Waals surface area contributed by atoms with Crippen LogP contribution >= 0.6 is 0 Å². The number of likely N-dealkylation sites (tertiary alicyclic amines) is 1. The number of fused-ring (bicyclic) bond motifs is 1. The lowest BCUT2D eigenvalue weighted by Gasteiger charge is -2.18. The molecule has 0 bridgehead atoms. The van der Waals surface area contributed by atoms with Gasteiger partial charge in [-0.1, -0.05) is 18.2 Å². The van der Waals surface area contributed by atoms with Crippen LogP contribution in [-0.4, -0.2) is 58.6 Å². The number of carbonyl (C=O) groups is 3. The van der Waals surface area contributed by atoms with Crippen LogP contribution in [0.2, 0.25) is 0 Å². The molecular formula is C24H25N5O3. The summed E-state index contributed by atoms with van der Waals surface area (Å²) in [6, 6.07) is 15.1. The highest BCUT2D eigenvalue weighted by Crippen LogP contribution is 2.25. The Balaban J connectivity index is 1.15. The zero-order valence-corrected chi connectivity index (χ0v) is 17.7. The molecule has 2 aliphatic heterocycles. The van der Waals surface area contributed by atoms with E-state index in [2.05, 4.69) is 10.4 Å². The lowest BCUT2D eigenvalue weighted by Crippen LogP contribution is -2.39. The van der Waals surface area contributed by atoms with Crippen LogP contribution in [0.4, 0.5) is 5.69 Å². The summed E-state index contributed by atoms with van der Waals surface area (Å²) in [4.78, 5) is 40.5. The van der Waals surface area contributed by atoms with E-state index in [1.165, 1.54) is 0 Å².